The molecule has 1 amide bonds. The number of benzene rings is 1. The van der Waals surface area contributed by atoms with Crippen LogP contribution in [-0.2, 0) is 14.8 Å². The van der Waals surface area contributed by atoms with Crippen LogP contribution in [0, 0.1) is 11.8 Å². The third-order valence-corrected chi connectivity index (χ3v) is 7.06. The topological polar surface area (TPSA) is 87.3 Å². The first-order chi connectivity index (χ1) is 12.6. The average molecular weight is 396 g/mol. The van der Waals surface area contributed by atoms with Crippen LogP contribution >= 0.6 is 0 Å². The summed E-state index contributed by atoms with van der Waals surface area (Å²) in [5, 5.41) is 6.32. The molecule has 0 saturated heterocycles. The van der Waals surface area contributed by atoms with E-state index in [-0.39, 0.29) is 22.9 Å². The fraction of sp³-hybridized carbons (Fsp3) is 0.650. The normalized spacial score (nSPS) is 24.6. The van der Waals surface area contributed by atoms with Crippen LogP contribution in [0.25, 0.3) is 0 Å². The van der Waals surface area contributed by atoms with Crippen molar-refractivity contribution < 1.29 is 13.2 Å². The molecule has 3 N–H and O–H groups in total. The lowest BCUT2D eigenvalue weighted by molar-refractivity contribution is -0.118. The van der Waals surface area contributed by atoms with Crippen LogP contribution in [0.2, 0.25) is 0 Å². The molecular weight excluding hydrogens is 362 g/mol. The molecule has 0 heterocycles. The molecule has 27 heavy (non-hydrogen) atoms. The molecule has 1 aliphatic carbocycles. The lowest BCUT2D eigenvalue weighted by Gasteiger charge is -2.36. The van der Waals surface area contributed by atoms with Gasteiger partial charge in [-0.15, -0.1) is 0 Å². The van der Waals surface area contributed by atoms with Crippen LogP contribution in [0.4, 0.5) is 5.69 Å². The van der Waals surface area contributed by atoms with E-state index in [1.165, 1.54) is 25.0 Å². The molecule has 1 saturated carbocycles. The minimum Gasteiger partial charge on any atom is -0.325 e. The average Bonchev–Trinajstić information content (AvgIpc) is 2.58. The van der Waals surface area contributed by atoms with E-state index >= 15 is 0 Å². The molecule has 1 aromatic rings. The summed E-state index contributed by atoms with van der Waals surface area (Å²) in [5.41, 5.74) is 0.585. The fourth-order valence-corrected chi connectivity index (χ4v) is 4.81. The number of anilines is 1. The molecule has 0 bridgehead atoms. The zero-order valence-electron chi connectivity index (χ0n) is 17.0. The zero-order valence-corrected chi connectivity index (χ0v) is 17.8. The van der Waals surface area contributed by atoms with Crippen LogP contribution in [0.3, 0.4) is 0 Å². The van der Waals surface area contributed by atoms with Gasteiger partial charge >= 0.3 is 0 Å². The minimum atomic E-state index is -3.53. The molecule has 6 nitrogen and oxygen atoms in total. The van der Waals surface area contributed by atoms with Gasteiger partial charge in [-0.05, 0) is 63.3 Å². The summed E-state index contributed by atoms with van der Waals surface area (Å²) in [7, 11) is -3.53. The molecule has 2 rings (SSSR count). The first-order valence-corrected chi connectivity index (χ1v) is 11.3. The van der Waals surface area contributed by atoms with Crippen LogP contribution in [-0.4, -0.2) is 32.5 Å². The van der Waals surface area contributed by atoms with Crippen molar-refractivity contribution in [2.24, 2.45) is 11.8 Å². The van der Waals surface area contributed by atoms with Crippen molar-refractivity contribution in [3.63, 3.8) is 0 Å². The van der Waals surface area contributed by atoms with Crippen LogP contribution in [0.5, 0.6) is 0 Å². The van der Waals surface area contributed by atoms with Crippen molar-refractivity contribution in [1.82, 2.24) is 10.0 Å². The maximum Gasteiger partial charge on any atom is 0.241 e. The van der Waals surface area contributed by atoms with E-state index in [1.54, 1.807) is 26.0 Å². The van der Waals surface area contributed by atoms with Crippen molar-refractivity contribution >= 4 is 21.6 Å². The second-order valence-electron chi connectivity index (χ2n) is 8.05. The molecule has 7 heteroatoms. The molecule has 0 aliphatic heterocycles. The van der Waals surface area contributed by atoms with Crippen molar-refractivity contribution in [1.29, 1.82) is 0 Å². The highest BCUT2D eigenvalue weighted by Crippen LogP contribution is 2.29. The lowest BCUT2D eigenvalue weighted by Crippen LogP contribution is -2.49. The number of rotatable bonds is 7. The van der Waals surface area contributed by atoms with Gasteiger partial charge in [0.25, 0.3) is 0 Å². The van der Waals surface area contributed by atoms with E-state index in [2.05, 4.69) is 29.2 Å². The Morgan fingerprint density at radius 2 is 1.70 bits per heavy atom. The van der Waals surface area contributed by atoms with Gasteiger partial charge < -0.3 is 10.6 Å². The molecule has 0 radical (unpaired) electrons. The molecule has 1 fully saturated rings. The first-order valence-electron chi connectivity index (χ1n) is 9.79. The molecule has 4 atom stereocenters. The predicted octanol–water partition coefficient (Wildman–Crippen LogP) is 3.11. The maximum absolute atomic E-state index is 12.5. The minimum absolute atomic E-state index is 0.115. The molecular formula is C20H33N3O3S. The number of nitrogens with one attached hydrogen (secondary N) is 3. The maximum atomic E-state index is 12.5. The molecule has 1 aliphatic rings. The van der Waals surface area contributed by atoms with Gasteiger partial charge in [-0.1, -0.05) is 26.7 Å². The van der Waals surface area contributed by atoms with E-state index in [9.17, 15) is 13.2 Å². The van der Waals surface area contributed by atoms with Crippen molar-refractivity contribution in [3.8, 4) is 0 Å². The van der Waals surface area contributed by atoms with E-state index in [0.717, 1.165) is 6.42 Å². The van der Waals surface area contributed by atoms with Gasteiger partial charge in [-0.3, -0.25) is 4.79 Å². The number of carbonyl (C=O) groups excluding carboxylic acids is 1. The van der Waals surface area contributed by atoms with Gasteiger partial charge in [-0.2, -0.15) is 0 Å². The Kier molecular flexibility index (Phi) is 7.42. The van der Waals surface area contributed by atoms with Crippen LogP contribution in [0.15, 0.2) is 29.2 Å². The molecule has 4 unspecified atom stereocenters. The Labute approximate surface area is 163 Å². The van der Waals surface area contributed by atoms with Gasteiger partial charge in [0.15, 0.2) is 0 Å². The Balaban J connectivity index is 1.95. The predicted molar refractivity (Wildman–Crippen MR) is 109 cm³/mol. The van der Waals surface area contributed by atoms with Crippen LogP contribution < -0.4 is 15.4 Å². The van der Waals surface area contributed by atoms with E-state index < -0.39 is 10.0 Å². The highest BCUT2D eigenvalue weighted by Gasteiger charge is 2.29. The SMILES string of the molecule is CC(C)NS(=O)(=O)c1ccc(NC(=O)C(C)NC2CCCC(C)C2C)cc1. The Bertz CT molecular complexity index is 731. The zero-order chi connectivity index (χ0) is 20.2. The third kappa shape index (κ3) is 6.02. The Morgan fingerprint density at radius 3 is 2.30 bits per heavy atom. The Hall–Kier alpha value is -1.44. The highest BCUT2D eigenvalue weighted by molar-refractivity contribution is 7.89. The Morgan fingerprint density at radius 1 is 1.07 bits per heavy atom. The highest BCUT2D eigenvalue weighted by atomic mass is 32.2. The van der Waals surface area contributed by atoms with Gasteiger partial charge in [0.05, 0.1) is 10.9 Å². The number of hydrogen-bond acceptors (Lipinski definition) is 4. The van der Waals surface area contributed by atoms with E-state index in [1.807, 2.05) is 6.92 Å². The molecule has 0 spiro atoms. The number of hydrogen-bond donors (Lipinski definition) is 3. The summed E-state index contributed by atoms with van der Waals surface area (Å²) in [6.07, 6.45) is 3.54. The number of amides is 1. The smallest absolute Gasteiger partial charge is 0.241 e. The summed E-state index contributed by atoms with van der Waals surface area (Å²) in [5.74, 6) is 1.10. The van der Waals surface area contributed by atoms with E-state index in [0.29, 0.717) is 23.6 Å². The monoisotopic (exact) mass is 395 g/mol. The molecule has 0 aromatic heterocycles. The van der Waals surface area contributed by atoms with Crippen molar-refractivity contribution in [2.45, 2.75) is 76.9 Å². The fourth-order valence-electron chi connectivity index (χ4n) is 3.56. The summed E-state index contributed by atoms with van der Waals surface area (Å²) in [4.78, 5) is 12.7. The van der Waals surface area contributed by atoms with Gasteiger partial charge in [0.1, 0.15) is 0 Å². The molecule has 1 aromatic carbocycles. The first kappa shape index (κ1) is 21.9. The molecule has 152 valence electrons. The second kappa shape index (κ2) is 9.17. The largest absolute Gasteiger partial charge is 0.325 e. The van der Waals surface area contributed by atoms with Crippen LogP contribution in [0.1, 0.15) is 53.9 Å². The quantitative estimate of drug-likeness (QED) is 0.662. The van der Waals surface area contributed by atoms with E-state index in [4.69, 9.17) is 0 Å². The number of carbonyl (C=O) groups is 1. The van der Waals surface area contributed by atoms with Gasteiger partial charge in [-0.25, -0.2) is 13.1 Å². The second-order valence-corrected chi connectivity index (χ2v) is 9.77. The van der Waals surface area contributed by atoms with Gasteiger partial charge in [0, 0.05) is 17.8 Å². The van der Waals surface area contributed by atoms with Crippen molar-refractivity contribution in [2.75, 3.05) is 5.32 Å². The summed E-state index contributed by atoms with van der Waals surface area (Å²) >= 11 is 0. The number of sulfonamides is 1. The third-order valence-electron chi connectivity index (χ3n) is 5.39. The summed E-state index contributed by atoms with van der Waals surface area (Å²) in [6.45, 7) is 9.93. The van der Waals surface area contributed by atoms with Crippen molar-refractivity contribution in [3.05, 3.63) is 24.3 Å². The lowest BCUT2D eigenvalue weighted by atomic mass is 9.78. The summed E-state index contributed by atoms with van der Waals surface area (Å²) < 4.78 is 26.9. The summed E-state index contributed by atoms with van der Waals surface area (Å²) in [6, 6.07) is 6.10. The standard InChI is InChI=1S/C20H33N3O3S/c1-13(2)23-27(25,26)18-11-9-17(10-12-18)22-20(24)16(5)21-19-8-6-7-14(3)15(19)4/h9-16,19,21,23H,6-8H2,1-5H3,(H,22,24). The van der Waals surface area contributed by atoms with Gasteiger partial charge in [0.2, 0.25) is 15.9 Å².